The monoisotopic (exact) mass is 407 g/mol. The molecule has 30 heavy (non-hydrogen) atoms. The van der Waals surface area contributed by atoms with Crippen LogP contribution < -0.4 is 20.9 Å². The molecule has 0 aromatic heterocycles. The van der Waals surface area contributed by atoms with Gasteiger partial charge >= 0.3 is 12.1 Å². The molecule has 2 aromatic carbocycles. The van der Waals surface area contributed by atoms with Crippen molar-refractivity contribution in [2.24, 2.45) is 0 Å². The number of nitrogens with one attached hydrogen (secondary N) is 3. The van der Waals surface area contributed by atoms with Crippen molar-refractivity contribution in [3.05, 3.63) is 53.6 Å². The summed E-state index contributed by atoms with van der Waals surface area (Å²) in [6.07, 6.45) is 0.714. The predicted molar refractivity (Wildman–Crippen MR) is 111 cm³/mol. The molecular weight excluding hydrogens is 386 g/mol. The van der Waals surface area contributed by atoms with Gasteiger partial charge in [0.2, 0.25) is 5.91 Å². The second-order valence-corrected chi connectivity index (χ2v) is 7.20. The van der Waals surface area contributed by atoms with Crippen LogP contribution in [-0.2, 0) is 22.6 Å². The second-order valence-electron chi connectivity index (χ2n) is 7.20. The van der Waals surface area contributed by atoms with Gasteiger partial charge in [-0.2, -0.15) is 0 Å². The summed E-state index contributed by atoms with van der Waals surface area (Å²) in [6, 6.07) is 11.6. The Morgan fingerprint density at radius 1 is 1.00 bits per heavy atom. The van der Waals surface area contributed by atoms with Crippen LogP contribution in [0.1, 0.15) is 18.1 Å². The molecule has 0 radical (unpaired) electrons. The van der Waals surface area contributed by atoms with Crippen LogP contribution in [0.5, 0.6) is 0 Å². The molecule has 6 amide bonds. The average Bonchev–Trinajstić information content (AvgIpc) is 3.05. The van der Waals surface area contributed by atoms with Crippen LogP contribution in [0.3, 0.4) is 0 Å². The fraction of sp³-hybridized carbons (Fsp3) is 0.238. The van der Waals surface area contributed by atoms with Gasteiger partial charge in [0.15, 0.2) is 0 Å². The summed E-state index contributed by atoms with van der Waals surface area (Å²) in [6.45, 7) is 2.39. The van der Waals surface area contributed by atoms with Gasteiger partial charge in [0.05, 0.1) is 12.2 Å². The smallest absolute Gasteiger partial charge is 0.328 e. The third kappa shape index (κ3) is 3.95. The molecule has 154 valence electrons. The first kappa shape index (κ1) is 19.4. The van der Waals surface area contributed by atoms with Gasteiger partial charge in [-0.3, -0.25) is 9.59 Å². The quantitative estimate of drug-likeness (QED) is 0.678. The molecule has 1 fully saturated rings. The molecule has 2 aromatic rings. The molecule has 1 saturated heterocycles. The Kier molecular flexibility index (Phi) is 5.09. The molecule has 9 heteroatoms. The zero-order valence-corrected chi connectivity index (χ0v) is 16.4. The van der Waals surface area contributed by atoms with Crippen LogP contribution >= 0.6 is 0 Å². The van der Waals surface area contributed by atoms with Crippen molar-refractivity contribution in [3.63, 3.8) is 0 Å². The van der Waals surface area contributed by atoms with Crippen molar-refractivity contribution >= 4 is 40.9 Å². The maximum atomic E-state index is 12.8. The van der Waals surface area contributed by atoms with Crippen LogP contribution in [-0.4, -0.2) is 41.9 Å². The SMILES string of the molecule is CC(=O)Nc1ccc2c(c1)CN(C(=O)Nc1cccc(N3C(=O)CNC3=O)c1)CC2. The summed E-state index contributed by atoms with van der Waals surface area (Å²) in [5.41, 5.74) is 3.72. The Morgan fingerprint density at radius 2 is 1.80 bits per heavy atom. The van der Waals surface area contributed by atoms with E-state index in [4.69, 9.17) is 0 Å². The number of imide groups is 1. The number of nitrogens with zero attached hydrogens (tertiary/aromatic N) is 2. The van der Waals surface area contributed by atoms with Crippen LogP contribution in [0.25, 0.3) is 0 Å². The third-order valence-electron chi connectivity index (χ3n) is 5.03. The van der Waals surface area contributed by atoms with Crippen molar-refractivity contribution in [3.8, 4) is 0 Å². The van der Waals surface area contributed by atoms with E-state index in [0.29, 0.717) is 36.6 Å². The molecule has 3 N–H and O–H groups in total. The zero-order chi connectivity index (χ0) is 21.3. The number of urea groups is 2. The fourth-order valence-corrected chi connectivity index (χ4v) is 3.62. The number of benzene rings is 2. The molecule has 0 bridgehead atoms. The first-order chi connectivity index (χ1) is 14.4. The van der Waals surface area contributed by atoms with Crippen molar-refractivity contribution < 1.29 is 19.2 Å². The molecule has 9 nitrogen and oxygen atoms in total. The standard InChI is InChI=1S/C21H21N5O4/c1-13(27)23-17-6-5-14-7-8-25(12-15(14)9-17)21(30)24-16-3-2-4-18(10-16)26-19(28)11-22-20(26)29/h2-6,9-10H,7-8,11-12H2,1H3,(H,22,29)(H,23,27)(H,24,30). The summed E-state index contributed by atoms with van der Waals surface area (Å²) < 4.78 is 0. The number of hydrogen-bond donors (Lipinski definition) is 3. The van der Waals surface area contributed by atoms with Crippen LogP contribution in [0.4, 0.5) is 26.7 Å². The number of hydrogen-bond acceptors (Lipinski definition) is 4. The highest BCUT2D eigenvalue weighted by atomic mass is 16.2. The highest BCUT2D eigenvalue weighted by molar-refractivity contribution is 6.20. The van der Waals surface area contributed by atoms with E-state index in [1.54, 1.807) is 29.2 Å². The van der Waals surface area contributed by atoms with Gasteiger partial charge in [0.25, 0.3) is 5.91 Å². The largest absolute Gasteiger partial charge is 0.329 e. The molecule has 0 spiro atoms. The van der Waals surface area contributed by atoms with E-state index in [2.05, 4.69) is 16.0 Å². The van der Waals surface area contributed by atoms with E-state index < -0.39 is 6.03 Å². The minimum atomic E-state index is -0.480. The molecule has 0 aliphatic carbocycles. The Balaban J connectivity index is 1.46. The summed E-state index contributed by atoms with van der Waals surface area (Å²) in [5.74, 6) is -0.489. The second kappa shape index (κ2) is 7.86. The average molecular weight is 407 g/mol. The molecule has 2 aliphatic rings. The first-order valence-electron chi connectivity index (χ1n) is 9.57. The van der Waals surface area contributed by atoms with Gasteiger partial charge in [-0.15, -0.1) is 0 Å². The maximum absolute atomic E-state index is 12.8. The van der Waals surface area contributed by atoms with E-state index in [9.17, 15) is 19.2 Å². The molecular formula is C21H21N5O4. The Morgan fingerprint density at radius 3 is 2.53 bits per heavy atom. The number of amides is 6. The summed E-state index contributed by atoms with van der Waals surface area (Å²) in [4.78, 5) is 50.6. The number of anilines is 3. The molecule has 2 aliphatic heterocycles. The lowest BCUT2D eigenvalue weighted by atomic mass is 9.99. The lowest BCUT2D eigenvalue weighted by Crippen LogP contribution is -2.39. The van der Waals surface area contributed by atoms with Gasteiger partial charge in [-0.1, -0.05) is 12.1 Å². The Hall–Kier alpha value is -3.88. The molecule has 2 heterocycles. The summed E-state index contributed by atoms with van der Waals surface area (Å²) in [7, 11) is 0. The van der Waals surface area contributed by atoms with Crippen molar-refractivity contribution in [2.45, 2.75) is 19.9 Å². The molecule has 4 rings (SSSR count). The summed E-state index contributed by atoms with van der Waals surface area (Å²) in [5, 5.41) is 8.06. The van der Waals surface area contributed by atoms with Gasteiger partial charge < -0.3 is 20.9 Å². The fourth-order valence-electron chi connectivity index (χ4n) is 3.62. The third-order valence-corrected chi connectivity index (χ3v) is 5.03. The number of fused-ring (bicyclic) bond motifs is 1. The Labute approximate surface area is 173 Å². The number of rotatable bonds is 3. The highest BCUT2D eigenvalue weighted by Gasteiger charge is 2.30. The van der Waals surface area contributed by atoms with Crippen LogP contribution in [0, 0.1) is 0 Å². The van der Waals surface area contributed by atoms with Crippen LogP contribution in [0.15, 0.2) is 42.5 Å². The van der Waals surface area contributed by atoms with E-state index in [0.717, 1.165) is 16.0 Å². The minimum Gasteiger partial charge on any atom is -0.328 e. The Bertz CT molecular complexity index is 1040. The van der Waals surface area contributed by atoms with E-state index in [1.165, 1.54) is 6.92 Å². The molecule has 0 unspecified atom stereocenters. The molecule has 0 saturated carbocycles. The minimum absolute atomic E-state index is 0.0386. The van der Waals surface area contributed by atoms with Crippen molar-refractivity contribution in [2.75, 3.05) is 28.6 Å². The number of carbonyl (C=O) groups excluding carboxylic acids is 4. The topological polar surface area (TPSA) is 111 Å². The van der Waals surface area contributed by atoms with Crippen LogP contribution in [0.2, 0.25) is 0 Å². The van der Waals surface area contributed by atoms with Gasteiger partial charge in [-0.25, -0.2) is 14.5 Å². The lowest BCUT2D eigenvalue weighted by molar-refractivity contribution is -0.116. The van der Waals surface area contributed by atoms with E-state index in [1.807, 2.05) is 18.2 Å². The highest BCUT2D eigenvalue weighted by Crippen LogP contribution is 2.25. The van der Waals surface area contributed by atoms with Crippen molar-refractivity contribution in [1.29, 1.82) is 0 Å². The zero-order valence-electron chi connectivity index (χ0n) is 16.4. The number of carbonyl (C=O) groups is 4. The van der Waals surface area contributed by atoms with Crippen molar-refractivity contribution in [1.82, 2.24) is 10.2 Å². The maximum Gasteiger partial charge on any atom is 0.329 e. The van der Waals surface area contributed by atoms with Gasteiger partial charge in [0.1, 0.15) is 0 Å². The molecule has 0 atom stereocenters. The summed E-state index contributed by atoms with van der Waals surface area (Å²) >= 11 is 0. The first-order valence-corrected chi connectivity index (χ1v) is 9.57. The van der Waals surface area contributed by atoms with Gasteiger partial charge in [-0.05, 0) is 47.9 Å². The van der Waals surface area contributed by atoms with E-state index >= 15 is 0 Å². The predicted octanol–water partition coefficient (Wildman–Crippen LogP) is 2.29. The van der Waals surface area contributed by atoms with Gasteiger partial charge in [0, 0.05) is 31.4 Å². The lowest BCUT2D eigenvalue weighted by Gasteiger charge is -2.29. The normalized spacial score (nSPS) is 15.5. The van der Waals surface area contributed by atoms with E-state index in [-0.39, 0.29) is 24.4 Å².